The molecule has 23 heavy (non-hydrogen) atoms. The highest BCUT2D eigenvalue weighted by atomic mass is 16.5. The van der Waals surface area contributed by atoms with Crippen molar-refractivity contribution in [1.82, 2.24) is 0 Å². The first-order valence-corrected chi connectivity index (χ1v) is 7.66. The van der Waals surface area contributed by atoms with E-state index >= 15 is 0 Å². The summed E-state index contributed by atoms with van der Waals surface area (Å²) < 4.78 is 11.3. The second kappa shape index (κ2) is 4.50. The van der Waals surface area contributed by atoms with Crippen LogP contribution in [0, 0.1) is 0 Å². The van der Waals surface area contributed by atoms with Gasteiger partial charge < -0.3 is 9.15 Å². The molecule has 0 bridgehead atoms. The molecule has 4 aromatic carbocycles. The van der Waals surface area contributed by atoms with Gasteiger partial charge in [-0.15, -0.1) is 0 Å². The fraction of sp³-hybridized carbons (Fsp3) is 0.0476. The van der Waals surface area contributed by atoms with Gasteiger partial charge in [-0.2, -0.15) is 0 Å². The number of ether oxygens (including phenoxy) is 1. The van der Waals surface area contributed by atoms with E-state index in [2.05, 4.69) is 48.5 Å². The Morgan fingerprint density at radius 3 is 2.43 bits per heavy atom. The second-order valence-electron chi connectivity index (χ2n) is 5.78. The van der Waals surface area contributed by atoms with Gasteiger partial charge in [-0.25, -0.2) is 0 Å². The third kappa shape index (κ3) is 1.69. The van der Waals surface area contributed by atoms with Crippen molar-refractivity contribution in [3.8, 4) is 5.75 Å². The maximum Gasteiger partial charge on any atom is 0.136 e. The molecule has 0 saturated heterocycles. The van der Waals surface area contributed by atoms with Crippen LogP contribution in [0.15, 0.2) is 71.1 Å². The first kappa shape index (κ1) is 12.5. The van der Waals surface area contributed by atoms with Gasteiger partial charge in [0.05, 0.1) is 7.11 Å². The van der Waals surface area contributed by atoms with E-state index < -0.39 is 0 Å². The van der Waals surface area contributed by atoms with Crippen LogP contribution in [0.1, 0.15) is 0 Å². The molecule has 0 amide bonds. The minimum absolute atomic E-state index is 0.881. The van der Waals surface area contributed by atoms with E-state index in [1.165, 1.54) is 32.3 Å². The van der Waals surface area contributed by atoms with Gasteiger partial charge in [-0.1, -0.05) is 42.5 Å². The molecule has 5 rings (SSSR count). The van der Waals surface area contributed by atoms with Crippen LogP contribution in [0.2, 0.25) is 0 Å². The lowest BCUT2D eigenvalue weighted by Gasteiger charge is -2.07. The molecule has 0 spiro atoms. The molecule has 0 aliphatic heterocycles. The average Bonchev–Trinajstić information content (AvgIpc) is 2.99. The summed E-state index contributed by atoms with van der Waals surface area (Å²) in [6.07, 6.45) is 0. The summed E-state index contributed by atoms with van der Waals surface area (Å²) in [6, 6.07) is 23.0. The third-order valence-corrected chi connectivity index (χ3v) is 4.56. The van der Waals surface area contributed by atoms with Gasteiger partial charge in [0, 0.05) is 10.8 Å². The number of benzene rings is 4. The summed E-state index contributed by atoms with van der Waals surface area (Å²) in [5, 5.41) is 7.24. The van der Waals surface area contributed by atoms with E-state index in [9.17, 15) is 0 Å². The van der Waals surface area contributed by atoms with Gasteiger partial charge in [0.2, 0.25) is 0 Å². The molecular formula is C21H14O2. The molecule has 0 radical (unpaired) electrons. The zero-order valence-corrected chi connectivity index (χ0v) is 12.7. The number of hydrogen-bond acceptors (Lipinski definition) is 2. The van der Waals surface area contributed by atoms with E-state index in [0.717, 1.165) is 16.9 Å². The van der Waals surface area contributed by atoms with Crippen LogP contribution in [-0.4, -0.2) is 7.11 Å². The van der Waals surface area contributed by atoms with Crippen molar-refractivity contribution in [3.05, 3.63) is 66.7 Å². The van der Waals surface area contributed by atoms with Gasteiger partial charge in [0.25, 0.3) is 0 Å². The predicted octanol–water partition coefficient (Wildman–Crippen LogP) is 5.90. The molecule has 0 atom stereocenters. The summed E-state index contributed by atoms with van der Waals surface area (Å²) >= 11 is 0. The smallest absolute Gasteiger partial charge is 0.136 e. The van der Waals surface area contributed by atoms with Gasteiger partial charge in [-0.05, 0) is 45.8 Å². The maximum absolute atomic E-state index is 5.99. The highest BCUT2D eigenvalue weighted by Gasteiger charge is 2.11. The molecule has 0 N–H and O–H groups in total. The minimum atomic E-state index is 0.881. The van der Waals surface area contributed by atoms with Gasteiger partial charge in [0.15, 0.2) is 0 Å². The summed E-state index contributed by atoms with van der Waals surface area (Å²) in [5.74, 6) is 0.881. The Balaban J connectivity index is 1.99. The van der Waals surface area contributed by atoms with Crippen LogP contribution in [-0.2, 0) is 0 Å². The molecule has 2 nitrogen and oxygen atoms in total. The lowest BCUT2D eigenvalue weighted by molar-refractivity contribution is 0.415. The quantitative estimate of drug-likeness (QED) is 0.359. The van der Waals surface area contributed by atoms with Crippen molar-refractivity contribution >= 4 is 43.5 Å². The number of rotatable bonds is 1. The van der Waals surface area contributed by atoms with Crippen molar-refractivity contribution in [2.45, 2.75) is 0 Å². The standard InChI is InChI=1S/C21H14O2/c1-22-14-7-9-15-13(12-14)6-8-17-16(15)10-11-20-21(17)18-4-2-3-5-19(18)23-20/h2-12H,1H3. The summed E-state index contributed by atoms with van der Waals surface area (Å²) in [4.78, 5) is 0. The van der Waals surface area contributed by atoms with E-state index in [4.69, 9.17) is 9.15 Å². The molecule has 110 valence electrons. The molecule has 0 unspecified atom stereocenters. The second-order valence-corrected chi connectivity index (χ2v) is 5.78. The third-order valence-electron chi connectivity index (χ3n) is 4.56. The van der Waals surface area contributed by atoms with E-state index in [-0.39, 0.29) is 0 Å². The summed E-state index contributed by atoms with van der Waals surface area (Å²) in [5.41, 5.74) is 1.87. The average molecular weight is 298 g/mol. The Morgan fingerprint density at radius 1 is 0.696 bits per heavy atom. The Bertz CT molecular complexity index is 1200. The SMILES string of the molecule is COc1ccc2c(ccc3c2ccc2oc4ccccc4c23)c1. The number of para-hydroxylation sites is 1. The van der Waals surface area contributed by atoms with Crippen molar-refractivity contribution < 1.29 is 9.15 Å². The monoisotopic (exact) mass is 298 g/mol. The van der Waals surface area contributed by atoms with Crippen molar-refractivity contribution in [2.75, 3.05) is 7.11 Å². The summed E-state index contributed by atoms with van der Waals surface area (Å²) in [6.45, 7) is 0. The Labute approximate surface area is 132 Å². The first-order valence-electron chi connectivity index (χ1n) is 7.66. The lowest BCUT2D eigenvalue weighted by Crippen LogP contribution is -1.83. The van der Waals surface area contributed by atoms with Crippen LogP contribution in [0.4, 0.5) is 0 Å². The number of hydrogen-bond donors (Lipinski definition) is 0. The number of fused-ring (bicyclic) bond motifs is 7. The van der Waals surface area contributed by atoms with Crippen molar-refractivity contribution in [2.24, 2.45) is 0 Å². The fourth-order valence-electron chi connectivity index (χ4n) is 3.48. The summed E-state index contributed by atoms with van der Waals surface area (Å²) in [7, 11) is 1.70. The van der Waals surface area contributed by atoms with Crippen molar-refractivity contribution in [3.63, 3.8) is 0 Å². The van der Waals surface area contributed by atoms with Crippen LogP contribution in [0.3, 0.4) is 0 Å². The minimum Gasteiger partial charge on any atom is -0.497 e. The Kier molecular flexibility index (Phi) is 2.45. The largest absolute Gasteiger partial charge is 0.497 e. The number of furan rings is 1. The first-order chi connectivity index (χ1) is 11.3. The van der Waals surface area contributed by atoms with Gasteiger partial charge in [0.1, 0.15) is 16.9 Å². The molecule has 5 aromatic rings. The molecule has 1 aromatic heterocycles. The fourth-order valence-corrected chi connectivity index (χ4v) is 3.48. The zero-order chi connectivity index (χ0) is 15.4. The molecule has 0 saturated carbocycles. The van der Waals surface area contributed by atoms with Crippen LogP contribution in [0.25, 0.3) is 43.5 Å². The van der Waals surface area contributed by atoms with E-state index in [0.29, 0.717) is 0 Å². The molecule has 0 fully saturated rings. The topological polar surface area (TPSA) is 22.4 Å². The van der Waals surface area contributed by atoms with Crippen LogP contribution >= 0.6 is 0 Å². The maximum atomic E-state index is 5.99. The highest BCUT2D eigenvalue weighted by molar-refractivity contribution is 6.23. The predicted molar refractivity (Wildman–Crippen MR) is 95.3 cm³/mol. The molecular weight excluding hydrogens is 284 g/mol. The van der Waals surface area contributed by atoms with E-state index in [1.807, 2.05) is 18.2 Å². The van der Waals surface area contributed by atoms with Crippen LogP contribution < -0.4 is 4.74 Å². The molecule has 0 aliphatic carbocycles. The Morgan fingerprint density at radius 2 is 1.52 bits per heavy atom. The molecule has 0 aliphatic rings. The van der Waals surface area contributed by atoms with Gasteiger partial charge in [-0.3, -0.25) is 0 Å². The number of methoxy groups -OCH3 is 1. The highest BCUT2D eigenvalue weighted by Crippen LogP contribution is 2.37. The van der Waals surface area contributed by atoms with E-state index in [1.54, 1.807) is 7.11 Å². The van der Waals surface area contributed by atoms with Crippen molar-refractivity contribution in [1.29, 1.82) is 0 Å². The Hall–Kier alpha value is -3.00. The van der Waals surface area contributed by atoms with Crippen LogP contribution in [0.5, 0.6) is 5.75 Å². The lowest BCUT2D eigenvalue weighted by atomic mass is 9.98. The molecule has 1 heterocycles. The zero-order valence-electron chi connectivity index (χ0n) is 12.7. The van der Waals surface area contributed by atoms with Gasteiger partial charge >= 0.3 is 0 Å². The normalized spacial score (nSPS) is 11.7. The molecule has 2 heteroatoms.